The zero-order chi connectivity index (χ0) is 21.7. The maximum absolute atomic E-state index is 13.3. The lowest BCUT2D eigenvalue weighted by molar-refractivity contribution is -0.118. The standard InChI is InChI=1S/C22H18Br2ClFN2O2/c1-13-3-2-4-16(7-13)28-21(29)12-30-22-17(23)8-14(9-18(22)24)11-27-15-5-6-20(26)19(25)10-15/h2-10,27H,11-12H2,1H3,(H,28,29). The fourth-order valence-corrected chi connectivity index (χ4v) is 4.41. The molecule has 0 spiro atoms. The van der Waals surface area contributed by atoms with Gasteiger partial charge in [-0.05, 0) is 92.4 Å². The van der Waals surface area contributed by atoms with Gasteiger partial charge in [-0.1, -0.05) is 23.7 Å². The highest BCUT2D eigenvalue weighted by Gasteiger charge is 2.12. The highest BCUT2D eigenvalue weighted by atomic mass is 79.9. The Morgan fingerprint density at radius 2 is 1.80 bits per heavy atom. The molecule has 0 aliphatic carbocycles. The van der Waals surface area contributed by atoms with Crippen molar-refractivity contribution in [3.05, 3.63) is 85.5 Å². The van der Waals surface area contributed by atoms with Gasteiger partial charge in [0, 0.05) is 17.9 Å². The van der Waals surface area contributed by atoms with Crippen LogP contribution in [0.1, 0.15) is 11.1 Å². The second kappa shape index (κ2) is 10.3. The topological polar surface area (TPSA) is 50.4 Å². The Kier molecular flexibility index (Phi) is 7.75. The molecular weight excluding hydrogens is 539 g/mol. The van der Waals surface area contributed by atoms with Crippen molar-refractivity contribution in [2.45, 2.75) is 13.5 Å². The number of hydrogen-bond donors (Lipinski definition) is 2. The first-order chi connectivity index (χ1) is 14.3. The van der Waals surface area contributed by atoms with E-state index in [2.05, 4.69) is 42.5 Å². The first-order valence-electron chi connectivity index (χ1n) is 8.98. The van der Waals surface area contributed by atoms with Gasteiger partial charge in [0.05, 0.1) is 14.0 Å². The molecule has 0 bridgehead atoms. The van der Waals surface area contributed by atoms with Gasteiger partial charge in [-0.15, -0.1) is 0 Å². The summed E-state index contributed by atoms with van der Waals surface area (Å²) in [5, 5.41) is 6.06. The van der Waals surface area contributed by atoms with Crippen LogP contribution in [0.25, 0.3) is 0 Å². The molecule has 4 nitrogen and oxygen atoms in total. The number of benzene rings is 3. The van der Waals surface area contributed by atoms with Gasteiger partial charge in [0.2, 0.25) is 0 Å². The fourth-order valence-electron chi connectivity index (χ4n) is 2.72. The summed E-state index contributed by atoms with van der Waals surface area (Å²) >= 11 is 12.8. The summed E-state index contributed by atoms with van der Waals surface area (Å²) in [5.74, 6) is -0.179. The van der Waals surface area contributed by atoms with E-state index in [1.54, 1.807) is 6.07 Å². The highest BCUT2D eigenvalue weighted by Crippen LogP contribution is 2.35. The van der Waals surface area contributed by atoms with Gasteiger partial charge < -0.3 is 15.4 Å². The van der Waals surface area contributed by atoms with Crippen LogP contribution in [0.15, 0.2) is 63.5 Å². The Hall–Kier alpha value is -2.09. The van der Waals surface area contributed by atoms with Gasteiger partial charge in [0.15, 0.2) is 6.61 Å². The number of halogens is 4. The monoisotopic (exact) mass is 554 g/mol. The Balaban J connectivity index is 1.59. The predicted octanol–water partition coefficient (Wildman–Crippen LogP) is 6.94. The molecule has 0 radical (unpaired) electrons. The predicted molar refractivity (Wildman–Crippen MR) is 126 cm³/mol. The van der Waals surface area contributed by atoms with Gasteiger partial charge in [-0.25, -0.2) is 4.39 Å². The van der Waals surface area contributed by atoms with Gasteiger partial charge >= 0.3 is 0 Å². The van der Waals surface area contributed by atoms with Crippen molar-refractivity contribution in [2.24, 2.45) is 0 Å². The Bertz CT molecular complexity index is 1060. The minimum atomic E-state index is -0.458. The molecule has 3 aromatic carbocycles. The lowest BCUT2D eigenvalue weighted by Crippen LogP contribution is -2.20. The number of carbonyl (C=O) groups excluding carboxylic acids is 1. The van der Waals surface area contributed by atoms with Crippen molar-refractivity contribution >= 4 is 60.7 Å². The number of nitrogens with one attached hydrogen (secondary N) is 2. The summed E-state index contributed by atoms with van der Waals surface area (Å²) < 4.78 is 20.4. The summed E-state index contributed by atoms with van der Waals surface area (Å²) in [6.07, 6.45) is 0. The van der Waals surface area contributed by atoms with Crippen molar-refractivity contribution < 1.29 is 13.9 Å². The van der Waals surface area contributed by atoms with Crippen LogP contribution < -0.4 is 15.4 Å². The van der Waals surface area contributed by atoms with Crippen LogP contribution in [0.2, 0.25) is 5.02 Å². The van der Waals surface area contributed by atoms with Crippen LogP contribution in [-0.4, -0.2) is 12.5 Å². The van der Waals surface area contributed by atoms with E-state index >= 15 is 0 Å². The van der Waals surface area contributed by atoms with E-state index in [1.165, 1.54) is 12.1 Å². The zero-order valence-corrected chi connectivity index (χ0v) is 19.9. The first kappa shape index (κ1) is 22.6. The second-order valence-electron chi connectivity index (χ2n) is 6.58. The van der Waals surface area contributed by atoms with Crippen LogP contribution in [0.5, 0.6) is 5.75 Å². The third-order valence-corrected chi connectivity index (χ3v) is 5.59. The zero-order valence-electron chi connectivity index (χ0n) is 15.9. The lowest BCUT2D eigenvalue weighted by Gasteiger charge is -2.13. The minimum absolute atomic E-state index is 0.0649. The van der Waals surface area contributed by atoms with E-state index in [0.29, 0.717) is 26.9 Å². The average molecular weight is 557 g/mol. The summed E-state index contributed by atoms with van der Waals surface area (Å²) in [4.78, 5) is 12.2. The van der Waals surface area contributed by atoms with Gasteiger partial charge in [-0.3, -0.25) is 4.79 Å². The molecule has 0 unspecified atom stereocenters. The molecule has 8 heteroatoms. The summed E-state index contributed by atoms with van der Waals surface area (Å²) in [6, 6.07) is 15.8. The first-order valence-corrected chi connectivity index (χ1v) is 10.9. The van der Waals surface area contributed by atoms with Crippen LogP contribution in [0.4, 0.5) is 15.8 Å². The number of anilines is 2. The molecule has 0 aromatic heterocycles. The Morgan fingerprint density at radius 3 is 2.47 bits per heavy atom. The molecule has 156 valence electrons. The molecule has 2 N–H and O–H groups in total. The molecular formula is C22H18Br2ClFN2O2. The van der Waals surface area contributed by atoms with E-state index in [0.717, 1.165) is 16.8 Å². The van der Waals surface area contributed by atoms with Crippen molar-refractivity contribution in [2.75, 3.05) is 17.2 Å². The van der Waals surface area contributed by atoms with Crippen molar-refractivity contribution in [1.82, 2.24) is 0 Å². The van der Waals surface area contributed by atoms with Gasteiger partial charge in [0.25, 0.3) is 5.91 Å². The molecule has 0 fully saturated rings. The molecule has 0 saturated heterocycles. The van der Waals surface area contributed by atoms with Crippen molar-refractivity contribution in [1.29, 1.82) is 0 Å². The molecule has 0 saturated carbocycles. The molecule has 0 heterocycles. The maximum atomic E-state index is 13.3. The quantitative estimate of drug-likeness (QED) is 0.331. The number of rotatable bonds is 7. The van der Waals surface area contributed by atoms with Crippen LogP contribution >= 0.6 is 43.5 Å². The molecule has 0 atom stereocenters. The summed E-state index contributed by atoms with van der Waals surface area (Å²) in [5.41, 5.74) is 3.45. The lowest BCUT2D eigenvalue weighted by atomic mass is 10.2. The molecule has 1 amide bonds. The van der Waals surface area contributed by atoms with Crippen LogP contribution in [0.3, 0.4) is 0 Å². The molecule has 0 aliphatic heterocycles. The number of amides is 1. The molecule has 3 aromatic rings. The van der Waals surface area contributed by atoms with E-state index in [1.807, 2.05) is 43.3 Å². The molecule has 30 heavy (non-hydrogen) atoms. The van der Waals surface area contributed by atoms with E-state index in [9.17, 15) is 9.18 Å². The van der Waals surface area contributed by atoms with E-state index < -0.39 is 5.82 Å². The third-order valence-electron chi connectivity index (χ3n) is 4.12. The van der Waals surface area contributed by atoms with Crippen LogP contribution in [0, 0.1) is 12.7 Å². The van der Waals surface area contributed by atoms with Gasteiger partial charge in [-0.2, -0.15) is 0 Å². The molecule has 0 aliphatic rings. The van der Waals surface area contributed by atoms with Crippen molar-refractivity contribution in [3.8, 4) is 5.75 Å². The number of carbonyl (C=O) groups is 1. The fraction of sp³-hybridized carbons (Fsp3) is 0.136. The maximum Gasteiger partial charge on any atom is 0.262 e. The number of ether oxygens (including phenoxy) is 1. The Morgan fingerprint density at radius 1 is 1.07 bits per heavy atom. The van der Waals surface area contributed by atoms with E-state index in [4.69, 9.17) is 16.3 Å². The molecule has 3 rings (SSSR count). The highest BCUT2D eigenvalue weighted by molar-refractivity contribution is 9.11. The Labute approximate surface area is 196 Å². The number of hydrogen-bond acceptors (Lipinski definition) is 3. The normalized spacial score (nSPS) is 10.6. The summed E-state index contributed by atoms with van der Waals surface area (Å²) in [6.45, 7) is 2.32. The van der Waals surface area contributed by atoms with Crippen molar-refractivity contribution in [3.63, 3.8) is 0 Å². The second-order valence-corrected chi connectivity index (χ2v) is 8.69. The average Bonchev–Trinajstić information content (AvgIpc) is 2.68. The third kappa shape index (κ3) is 6.20. The smallest absolute Gasteiger partial charge is 0.262 e. The number of aryl methyl sites for hydroxylation is 1. The van der Waals surface area contributed by atoms with Crippen LogP contribution in [-0.2, 0) is 11.3 Å². The SMILES string of the molecule is Cc1cccc(NC(=O)COc2c(Br)cc(CNc3ccc(F)c(Cl)c3)cc2Br)c1. The minimum Gasteiger partial charge on any atom is -0.481 e. The largest absolute Gasteiger partial charge is 0.481 e. The van der Waals surface area contributed by atoms with Gasteiger partial charge in [0.1, 0.15) is 11.6 Å². The van der Waals surface area contributed by atoms with E-state index in [-0.39, 0.29) is 17.5 Å². The summed E-state index contributed by atoms with van der Waals surface area (Å²) in [7, 11) is 0.